The molecular weight excluding hydrogens is 368 g/mol. The highest BCUT2D eigenvalue weighted by Gasteiger charge is 2.23. The number of benzene rings is 2. The van der Waals surface area contributed by atoms with Crippen LogP contribution in [0, 0.1) is 6.92 Å². The Balaban J connectivity index is 1.42. The molecule has 0 saturated carbocycles. The number of nitrogens with zero attached hydrogens (tertiary/aromatic N) is 2. The number of hydrogen-bond donors (Lipinski definition) is 0. The van der Waals surface area contributed by atoms with Gasteiger partial charge < -0.3 is 9.64 Å². The first-order valence-corrected chi connectivity index (χ1v) is 10.6. The minimum atomic E-state index is 0.185. The first kappa shape index (κ1) is 19.0. The van der Waals surface area contributed by atoms with Gasteiger partial charge in [-0.1, -0.05) is 30.3 Å². The van der Waals surface area contributed by atoms with Crippen LogP contribution in [0.4, 0.5) is 0 Å². The minimum absolute atomic E-state index is 0.185. The standard InChI is InChI=1S/C23H26N2O2S/c1-17-20-6-3-4-7-21(20)28-22(17)23(26)25-13-5-12-24(14-15-25)16-18-8-10-19(27-2)11-9-18/h3-4,6-11H,5,12-16H2,1-2H3. The third-order valence-electron chi connectivity index (χ3n) is 5.48. The molecule has 2 heterocycles. The van der Waals surface area contributed by atoms with E-state index in [4.69, 9.17) is 4.74 Å². The molecule has 1 saturated heterocycles. The van der Waals surface area contributed by atoms with Gasteiger partial charge in [0.25, 0.3) is 5.91 Å². The molecule has 1 aliphatic rings. The number of aryl methyl sites for hydroxylation is 1. The average Bonchev–Trinajstić information content (AvgIpc) is 2.90. The van der Waals surface area contributed by atoms with Gasteiger partial charge in [-0.05, 0) is 48.1 Å². The van der Waals surface area contributed by atoms with Gasteiger partial charge in [-0.15, -0.1) is 11.3 Å². The molecule has 4 nitrogen and oxygen atoms in total. The molecule has 146 valence electrons. The normalized spacial score (nSPS) is 15.6. The van der Waals surface area contributed by atoms with Crippen LogP contribution in [0.15, 0.2) is 48.5 Å². The Morgan fingerprint density at radius 1 is 1.04 bits per heavy atom. The zero-order valence-corrected chi connectivity index (χ0v) is 17.3. The zero-order valence-electron chi connectivity index (χ0n) is 16.5. The van der Waals surface area contributed by atoms with Gasteiger partial charge in [0.1, 0.15) is 5.75 Å². The van der Waals surface area contributed by atoms with Crippen LogP contribution < -0.4 is 4.74 Å². The third kappa shape index (κ3) is 3.91. The lowest BCUT2D eigenvalue weighted by molar-refractivity contribution is 0.0765. The fraction of sp³-hybridized carbons (Fsp3) is 0.348. The molecule has 1 fully saturated rings. The fourth-order valence-corrected chi connectivity index (χ4v) is 5.02. The molecule has 4 rings (SSSR count). The lowest BCUT2D eigenvalue weighted by atomic mass is 10.1. The van der Waals surface area contributed by atoms with Crippen LogP contribution in [0.1, 0.15) is 27.2 Å². The largest absolute Gasteiger partial charge is 0.497 e. The van der Waals surface area contributed by atoms with Crippen LogP contribution >= 0.6 is 11.3 Å². The van der Waals surface area contributed by atoms with Crippen molar-refractivity contribution in [1.82, 2.24) is 9.80 Å². The van der Waals surface area contributed by atoms with Gasteiger partial charge in [-0.25, -0.2) is 0 Å². The molecule has 0 atom stereocenters. The predicted octanol–water partition coefficient (Wildman–Crippen LogP) is 4.57. The Morgan fingerprint density at radius 3 is 2.57 bits per heavy atom. The number of fused-ring (bicyclic) bond motifs is 1. The van der Waals surface area contributed by atoms with E-state index >= 15 is 0 Å². The number of amides is 1. The van der Waals surface area contributed by atoms with Crippen LogP contribution in [0.3, 0.4) is 0 Å². The summed E-state index contributed by atoms with van der Waals surface area (Å²) in [5.74, 6) is 1.07. The van der Waals surface area contributed by atoms with Crippen molar-refractivity contribution in [3.8, 4) is 5.75 Å². The van der Waals surface area contributed by atoms with Crippen LogP contribution in [0.2, 0.25) is 0 Å². The second kappa shape index (κ2) is 8.33. The van der Waals surface area contributed by atoms with E-state index in [-0.39, 0.29) is 5.91 Å². The summed E-state index contributed by atoms with van der Waals surface area (Å²) in [7, 11) is 1.69. The molecule has 0 aliphatic carbocycles. The molecule has 5 heteroatoms. The molecule has 1 amide bonds. The van der Waals surface area contributed by atoms with Crippen LogP contribution in [0.5, 0.6) is 5.75 Å². The van der Waals surface area contributed by atoms with Crippen molar-refractivity contribution in [2.45, 2.75) is 19.9 Å². The van der Waals surface area contributed by atoms with Crippen molar-refractivity contribution in [2.24, 2.45) is 0 Å². The van der Waals surface area contributed by atoms with Crippen molar-refractivity contribution in [3.05, 3.63) is 64.5 Å². The van der Waals surface area contributed by atoms with Gasteiger partial charge in [-0.3, -0.25) is 9.69 Å². The quantitative estimate of drug-likeness (QED) is 0.650. The number of ether oxygens (including phenoxy) is 1. The number of carbonyl (C=O) groups excluding carboxylic acids is 1. The van der Waals surface area contributed by atoms with Gasteiger partial charge in [-0.2, -0.15) is 0 Å². The van der Waals surface area contributed by atoms with Gasteiger partial charge in [0.05, 0.1) is 12.0 Å². The molecule has 28 heavy (non-hydrogen) atoms. The van der Waals surface area contributed by atoms with E-state index in [0.717, 1.165) is 55.3 Å². The van der Waals surface area contributed by atoms with E-state index in [1.165, 1.54) is 15.6 Å². The van der Waals surface area contributed by atoms with Crippen LogP contribution in [0.25, 0.3) is 10.1 Å². The first-order valence-electron chi connectivity index (χ1n) is 9.78. The second-order valence-corrected chi connectivity index (χ2v) is 8.37. The molecule has 1 aromatic heterocycles. The maximum Gasteiger partial charge on any atom is 0.264 e. The van der Waals surface area contributed by atoms with Crippen molar-refractivity contribution in [2.75, 3.05) is 33.3 Å². The summed E-state index contributed by atoms with van der Waals surface area (Å²) in [6.45, 7) is 6.50. The van der Waals surface area contributed by atoms with Crippen LogP contribution in [-0.4, -0.2) is 49.0 Å². The van der Waals surface area contributed by atoms with Crippen molar-refractivity contribution in [1.29, 1.82) is 0 Å². The molecule has 0 spiro atoms. The van der Waals surface area contributed by atoms with Crippen molar-refractivity contribution in [3.63, 3.8) is 0 Å². The van der Waals surface area contributed by atoms with Gasteiger partial charge in [0.2, 0.25) is 0 Å². The van der Waals surface area contributed by atoms with Gasteiger partial charge >= 0.3 is 0 Å². The summed E-state index contributed by atoms with van der Waals surface area (Å²) in [4.78, 5) is 18.5. The molecule has 3 aromatic rings. The van der Waals surface area contributed by atoms with E-state index in [9.17, 15) is 4.79 Å². The number of carbonyl (C=O) groups is 1. The molecule has 0 N–H and O–H groups in total. The summed E-state index contributed by atoms with van der Waals surface area (Å²) in [6, 6.07) is 16.5. The lowest BCUT2D eigenvalue weighted by Crippen LogP contribution is -2.35. The SMILES string of the molecule is COc1ccc(CN2CCCN(C(=O)c3sc4ccccc4c3C)CC2)cc1. The predicted molar refractivity (Wildman–Crippen MR) is 115 cm³/mol. The molecule has 0 bridgehead atoms. The smallest absolute Gasteiger partial charge is 0.264 e. The Kier molecular flexibility index (Phi) is 5.64. The van der Waals surface area contributed by atoms with E-state index in [1.807, 2.05) is 29.2 Å². The van der Waals surface area contributed by atoms with E-state index < -0.39 is 0 Å². The highest BCUT2D eigenvalue weighted by molar-refractivity contribution is 7.21. The van der Waals surface area contributed by atoms with Crippen LogP contribution in [-0.2, 0) is 6.54 Å². The second-order valence-electron chi connectivity index (χ2n) is 7.32. The molecular formula is C23H26N2O2S. The highest BCUT2D eigenvalue weighted by atomic mass is 32.1. The fourth-order valence-electron chi connectivity index (χ4n) is 3.84. The molecule has 0 radical (unpaired) electrons. The summed E-state index contributed by atoms with van der Waals surface area (Å²) >= 11 is 1.62. The van der Waals surface area contributed by atoms with Gasteiger partial charge in [0, 0.05) is 37.4 Å². The van der Waals surface area contributed by atoms with E-state index in [0.29, 0.717) is 0 Å². The maximum absolute atomic E-state index is 13.2. The number of thiophene rings is 1. The average molecular weight is 395 g/mol. The monoisotopic (exact) mass is 394 g/mol. The molecule has 0 unspecified atom stereocenters. The van der Waals surface area contributed by atoms with E-state index in [2.05, 4.69) is 36.1 Å². The van der Waals surface area contributed by atoms with Gasteiger partial charge in [0.15, 0.2) is 0 Å². The van der Waals surface area contributed by atoms with Crippen molar-refractivity contribution < 1.29 is 9.53 Å². The maximum atomic E-state index is 13.2. The molecule has 2 aromatic carbocycles. The number of methoxy groups -OCH3 is 1. The Morgan fingerprint density at radius 2 is 1.82 bits per heavy atom. The summed E-state index contributed by atoms with van der Waals surface area (Å²) < 4.78 is 6.43. The Hall–Kier alpha value is -2.37. The molecule has 1 aliphatic heterocycles. The first-order chi connectivity index (χ1) is 13.7. The minimum Gasteiger partial charge on any atom is -0.497 e. The topological polar surface area (TPSA) is 32.8 Å². The zero-order chi connectivity index (χ0) is 19.5. The number of hydrogen-bond acceptors (Lipinski definition) is 4. The van der Waals surface area contributed by atoms with E-state index in [1.54, 1.807) is 18.4 Å². The summed E-state index contributed by atoms with van der Waals surface area (Å²) in [6.07, 6.45) is 1.01. The highest BCUT2D eigenvalue weighted by Crippen LogP contribution is 2.31. The van der Waals surface area contributed by atoms with Crippen molar-refractivity contribution >= 4 is 27.3 Å². The lowest BCUT2D eigenvalue weighted by Gasteiger charge is -2.22. The third-order valence-corrected chi connectivity index (χ3v) is 6.74. The summed E-state index contributed by atoms with van der Waals surface area (Å²) in [5.41, 5.74) is 2.39. The Labute approximate surface area is 170 Å². The summed E-state index contributed by atoms with van der Waals surface area (Å²) in [5, 5.41) is 1.20. The Bertz CT molecular complexity index is 964. The number of rotatable bonds is 4.